The molecule has 2 N–H and O–H groups in total. The minimum atomic E-state index is 0.518. The number of hydrogen-bond acceptors (Lipinski definition) is 3. The van der Waals surface area contributed by atoms with Gasteiger partial charge in [-0.25, -0.2) is 0 Å². The second-order valence-electron chi connectivity index (χ2n) is 2.47. The van der Waals surface area contributed by atoms with Crippen molar-refractivity contribution in [2.75, 3.05) is 12.8 Å². The van der Waals surface area contributed by atoms with Crippen LogP contribution in [-0.2, 0) is 11.3 Å². The molecule has 0 saturated heterocycles. The maximum Gasteiger partial charge on any atom is 0.0884 e. The molecule has 0 aliphatic rings. The molecule has 1 heterocycles. The fraction of sp³-hybridized carbons (Fsp3) is 0.375. The fourth-order valence-electron chi connectivity index (χ4n) is 0.812. The Labute approximate surface area is 66.2 Å². The van der Waals surface area contributed by atoms with Gasteiger partial charge in [-0.1, -0.05) is 0 Å². The zero-order chi connectivity index (χ0) is 8.27. The maximum absolute atomic E-state index is 5.66. The Bertz CT molecular complexity index is 248. The van der Waals surface area contributed by atoms with E-state index < -0.39 is 0 Å². The zero-order valence-corrected chi connectivity index (χ0v) is 6.79. The third-order valence-electron chi connectivity index (χ3n) is 1.49. The van der Waals surface area contributed by atoms with E-state index in [1.807, 2.05) is 13.0 Å². The van der Waals surface area contributed by atoms with Crippen molar-refractivity contribution in [2.24, 2.45) is 0 Å². The molecule has 3 heteroatoms. The topological polar surface area (TPSA) is 48.1 Å². The first-order chi connectivity index (χ1) is 5.24. The van der Waals surface area contributed by atoms with Gasteiger partial charge < -0.3 is 10.5 Å². The number of anilines is 1. The smallest absolute Gasteiger partial charge is 0.0884 e. The lowest BCUT2D eigenvalue weighted by atomic mass is 10.2. The number of rotatable bonds is 2. The fourth-order valence-corrected chi connectivity index (χ4v) is 0.812. The molecule has 1 aromatic rings. The van der Waals surface area contributed by atoms with Gasteiger partial charge in [0.05, 0.1) is 12.3 Å². The highest BCUT2D eigenvalue weighted by molar-refractivity contribution is 5.45. The molecule has 0 aromatic carbocycles. The van der Waals surface area contributed by atoms with Crippen LogP contribution < -0.4 is 5.73 Å². The molecule has 0 saturated carbocycles. The lowest BCUT2D eigenvalue weighted by Gasteiger charge is -2.01. The Kier molecular flexibility index (Phi) is 2.44. The van der Waals surface area contributed by atoms with Gasteiger partial charge >= 0.3 is 0 Å². The van der Waals surface area contributed by atoms with Crippen molar-refractivity contribution in [1.82, 2.24) is 4.98 Å². The predicted molar refractivity (Wildman–Crippen MR) is 44.1 cm³/mol. The van der Waals surface area contributed by atoms with E-state index in [4.69, 9.17) is 10.5 Å². The van der Waals surface area contributed by atoms with Crippen LogP contribution in [0.25, 0.3) is 0 Å². The van der Waals surface area contributed by atoms with E-state index in [0.717, 1.165) is 16.9 Å². The summed E-state index contributed by atoms with van der Waals surface area (Å²) in [5.74, 6) is 0. The molecular weight excluding hydrogens is 140 g/mol. The number of nitrogen functional groups attached to an aromatic ring is 1. The molecule has 1 aromatic heterocycles. The molecule has 11 heavy (non-hydrogen) atoms. The average Bonchev–Trinajstić information content (AvgIpc) is 1.98. The van der Waals surface area contributed by atoms with E-state index in [9.17, 15) is 0 Å². The SMILES string of the molecule is COCc1cc(N)c(C)cn1. The largest absolute Gasteiger partial charge is 0.398 e. The van der Waals surface area contributed by atoms with Gasteiger partial charge in [-0.15, -0.1) is 0 Å². The van der Waals surface area contributed by atoms with Gasteiger partial charge in [0.2, 0.25) is 0 Å². The van der Waals surface area contributed by atoms with Crippen LogP contribution in [0.3, 0.4) is 0 Å². The van der Waals surface area contributed by atoms with Crippen LogP contribution in [0.4, 0.5) is 5.69 Å². The summed E-state index contributed by atoms with van der Waals surface area (Å²) in [6.45, 7) is 2.45. The van der Waals surface area contributed by atoms with E-state index >= 15 is 0 Å². The number of nitrogens with two attached hydrogens (primary N) is 1. The molecule has 60 valence electrons. The first-order valence-corrected chi connectivity index (χ1v) is 3.44. The van der Waals surface area contributed by atoms with Gasteiger partial charge in [0.1, 0.15) is 0 Å². The average molecular weight is 152 g/mol. The van der Waals surface area contributed by atoms with E-state index in [-0.39, 0.29) is 0 Å². The molecule has 0 amide bonds. The summed E-state index contributed by atoms with van der Waals surface area (Å²) < 4.78 is 4.90. The molecule has 0 aliphatic heterocycles. The van der Waals surface area contributed by atoms with Gasteiger partial charge in [0.15, 0.2) is 0 Å². The Morgan fingerprint density at radius 3 is 2.91 bits per heavy atom. The highest BCUT2D eigenvalue weighted by Crippen LogP contribution is 2.09. The van der Waals surface area contributed by atoms with Crippen LogP contribution in [0.15, 0.2) is 12.3 Å². The van der Waals surface area contributed by atoms with Crippen LogP contribution in [-0.4, -0.2) is 12.1 Å². The predicted octanol–water partition coefficient (Wildman–Crippen LogP) is 1.12. The van der Waals surface area contributed by atoms with Crippen LogP contribution in [0.1, 0.15) is 11.3 Å². The summed E-state index contributed by atoms with van der Waals surface area (Å²) in [5.41, 5.74) is 8.30. The summed E-state index contributed by atoms with van der Waals surface area (Å²) in [7, 11) is 1.64. The monoisotopic (exact) mass is 152 g/mol. The summed E-state index contributed by atoms with van der Waals surface area (Å²) >= 11 is 0. The molecule has 0 spiro atoms. The van der Waals surface area contributed by atoms with Crippen molar-refractivity contribution in [1.29, 1.82) is 0 Å². The van der Waals surface area contributed by atoms with Gasteiger partial charge in [-0.2, -0.15) is 0 Å². The second kappa shape index (κ2) is 3.34. The standard InChI is InChI=1S/C8H12N2O/c1-6-4-10-7(5-11-2)3-8(6)9/h3-4H,5H2,1-2H3,(H2,9,10). The van der Waals surface area contributed by atoms with E-state index in [2.05, 4.69) is 4.98 Å². The van der Waals surface area contributed by atoms with E-state index in [1.165, 1.54) is 0 Å². The lowest BCUT2D eigenvalue weighted by Crippen LogP contribution is -1.96. The number of aromatic nitrogens is 1. The van der Waals surface area contributed by atoms with Crippen LogP contribution >= 0.6 is 0 Å². The number of pyridine rings is 1. The van der Waals surface area contributed by atoms with Gasteiger partial charge in [0, 0.05) is 19.0 Å². The minimum absolute atomic E-state index is 0.518. The van der Waals surface area contributed by atoms with Crippen molar-refractivity contribution in [3.05, 3.63) is 23.5 Å². The molecule has 3 nitrogen and oxygen atoms in total. The molecular formula is C8H12N2O. The van der Waals surface area contributed by atoms with Crippen molar-refractivity contribution in [3.8, 4) is 0 Å². The van der Waals surface area contributed by atoms with Gasteiger partial charge in [-0.3, -0.25) is 4.98 Å². The quantitative estimate of drug-likeness (QED) is 0.690. The lowest BCUT2D eigenvalue weighted by molar-refractivity contribution is 0.181. The minimum Gasteiger partial charge on any atom is -0.398 e. The number of hydrogen-bond donors (Lipinski definition) is 1. The third-order valence-corrected chi connectivity index (χ3v) is 1.49. The summed E-state index contributed by atoms with van der Waals surface area (Å²) in [4.78, 5) is 4.12. The van der Waals surface area contributed by atoms with Crippen LogP contribution in [0.2, 0.25) is 0 Å². The van der Waals surface area contributed by atoms with Crippen molar-refractivity contribution in [2.45, 2.75) is 13.5 Å². The number of ether oxygens (including phenoxy) is 1. The van der Waals surface area contributed by atoms with Gasteiger partial charge in [-0.05, 0) is 18.6 Å². The Hall–Kier alpha value is -1.09. The number of aryl methyl sites for hydroxylation is 1. The summed E-state index contributed by atoms with van der Waals surface area (Å²) in [6, 6.07) is 1.83. The van der Waals surface area contributed by atoms with E-state index in [1.54, 1.807) is 13.3 Å². The highest BCUT2D eigenvalue weighted by atomic mass is 16.5. The van der Waals surface area contributed by atoms with Crippen LogP contribution in [0.5, 0.6) is 0 Å². The van der Waals surface area contributed by atoms with Crippen LogP contribution in [0, 0.1) is 6.92 Å². The molecule has 1 rings (SSSR count). The first-order valence-electron chi connectivity index (χ1n) is 3.44. The highest BCUT2D eigenvalue weighted by Gasteiger charge is 1.96. The maximum atomic E-state index is 5.66. The molecule has 0 unspecified atom stereocenters. The normalized spacial score (nSPS) is 10.0. The van der Waals surface area contributed by atoms with Gasteiger partial charge in [0.25, 0.3) is 0 Å². The van der Waals surface area contributed by atoms with E-state index in [0.29, 0.717) is 6.61 Å². The summed E-state index contributed by atoms with van der Waals surface area (Å²) in [6.07, 6.45) is 1.75. The molecule has 0 atom stereocenters. The van der Waals surface area contributed by atoms with Crippen molar-refractivity contribution < 1.29 is 4.74 Å². The number of nitrogens with zero attached hydrogens (tertiary/aromatic N) is 1. The van der Waals surface area contributed by atoms with Crippen molar-refractivity contribution >= 4 is 5.69 Å². The Morgan fingerprint density at radius 1 is 1.64 bits per heavy atom. The molecule has 0 bridgehead atoms. The van der Waals surface area contributed by atoms with Crippen molar-refractivity contribution in [3.63, 3.8) is 0 Å². The molecule has 0 radical (unpaired) electrons. The zero-order valence-electron chi connectivity index (χ0n) is 6.79. The number of methoxy groups -OCH3 is 1. The Balaban J connectivity index is 2.86. The third kappa shape index (κ3) is 1.91. The first kappa shape index (κ1) is 8.01. The Morgan fingerprint density at radius 2 is 2.36 bits per heavy atom. The molecule has 0 aliphatic carbocycles. The molecule has 0 fully saturated rings. The summed E-state index contributed by atoms with van der Waals surface area (Å²) in [5, 5.41) is 0. The second-order valence-corrected chi connectivity index (χ2v) is 2.47.